The third-order valence-corrected chi connectivity index (χ3v) is 5.13. The lowest BCUT2D eigenvalue weighted by molar-refractivity contribution is 0.104. The Labute approximate surface area is 152 Å². The summed E-state index contributed by atoms with van der Waals surface area (Å²) in [6, 6.07) is 20.4. The molecule has 0 atom stereocenters. The standard InChI is InChI=1S/C24H17NO/c1-14-11-15(2)13-16(12-14)23-19-7-8-21-22(18(19)9-10-25-23)17-5-3-4-6-20(17)24(21)26/h3-13H,1-2H3. The molecule has 1 heterocycles. The Kier molecular flexibility index (Phi) is 3.10. The Morgan fingerprint density at radius 2 is 1.46 bits per heavy atom. The van der Waals surface area contributed by atoms with Crippen LogP contribution in [0.2, 0.25) is 0 Å². The minimum atomic E-state index is 0.113. The predicted molar refractivity (Wildman–Crippen MR) is 106 cm³/mol. The molecule has 2 nitrogen and oxygen atoms in total. The van der Waals surface area contributed by atoms with E-state index in [0.29, 0.717) is 0 Å². The zero-order chi connectivity index (χ0) is 17.8. The van der Waals surface area contributed by atoms with Gasteiger partial charge in [0.05, 0.1) is 5.69 Å². The van der Waals surface area contributed by atoms with E-state index in [1.807, 2.05) is 48.7 Å². The van der Waals surface area contributed by atoms with Gasteiger partial charge < -0.3 is 0 Å². The predicted octanol–water partition coefficient (Wildman–Crippen LogP) is 5.73. The van der Waals surface area contributed by atoms with Gasteiger partial charge in [-0.3, -0.25) is 9.78 Å². The summed E-state index contributed by atoms with van der Waals surface area (Å²) in [6.45, 7) is 4.21. The normalized spacial score (nSPS) is 12.3. The SMILES string of the molecule is Cc1cc(C)cc(-c2nccc3c4c(ccc23)C(=O)c2ccccc2-4)c1. The van der Waals surface area contributed by atoms with Gasteiger partial charge in [0.25, 0.3) is 0 Å². The summed E-state index contributed by atoms with van der Waals surface area (Å²) in [6.07, 6.45) is 1.85. The molecule has 0 aliphatic heterocycles. The second-order valence-electron chi connectivity index (χ2n) is 6.99. The van der Waals surface area contributed by atoms with Crippen LogP contribution in [0.3, 0.4) is 0 Å². The molecule has 4 aromatic rings. The molecule has 1 aliphatic carbocycles. The van der Waals surface area contributed by atoms with Crippen molar-refractivity contribution in [1.29, 1.82) is 0 Å². The Balaban J connectivity index is 1.86. The molecule has 1 aromatic heterocycles. The maximum Gasteiger partial charge on any atom is 0.194 e. The first-order chi connectivity index (χ1) is 12.6. The first-order valence-electron chi connectivity index (χ1n) is 8.78. The van der Waals surface area contributed by atoms with Crippen LogP contribution in [0.1, 0.15) is 27.0 Å². The highest BCUT2D eigenvalue weighted by molar-refractivity contribution is 6.26. The van der Waals surface area contributed by atoms with Crippen molar-refractivity contribution in [2.45, 2.75) is 13.8 Å². The fraction of sp³-hybridized carbons (Fsp3) is 0.0833. The van der Waals surface area contributed by atoms with Crippen LogP contribution in [0.15, 0.2) is 66.9 Å². The van der Waals surface area contributed by atoms with Crippen LogP contribution in [-0.2, 0) is 0 Å². The van der Waals surface area contributed by atoms with Crippen LogP contribution in [0.5, 0.6) is 0 Å². The van der Waals surface area contributed by atoms with Crippen molar-refractivity contribution in [3.63, 3.8) is 0 Å². The lowest BCUT2D eigenvalue weighted by Gasteiger charge is -2.11. The second kappa shape index (κ2) is 5.37. The van der Waals surface area contributed by atoms with Crippen LogP contribution >= 0.6 is 0 Å². The van der Waals surface area contributed by atoms with Gasteiger partial charge in [0.2, 0.25) is 0 Å². The second-order valence-corrected chi connectivity index (χ2v) is 6.99. The largest absolute Gasteiger partial charge is 0.289 e. The molecule has 2 heteroatoms. The summed E-state index contributed by atoms with van der Waals surface area (Å²) in [5.74, 6) is 0.113. The number of carbonyl (C=O) groups excluding carboxylic acids is 1. The van der Waals surface area contributed by atoms with Crippen LogP contribution in [0, 0.1) is 13.8 Å². The third kappa shape index (κ3) is 2.05. The van der Waals surface area contributed by atoms with Gasteiger partial charge >= 0.3 is 0 Å². The summed E-state index contributed by atoms with van der Waals surface area (Å²) in [4.78, 5) is 17.4. The first kappa shape index (κ1) is 15.0. The van der Waals surface area contributed by atoms with Crippen molar-refractivity contribution in [3.8, 4) is 22.4 Å². The van der Waals surface area contributed by atoms with Crippen molar-refractivity contribution in [3.05, 3.63) is 89.1 Å². The van der Waals surface area contributed by atoms with Crippen molar-refractivity contribution < 1.29 is 4.79 Å². The molecule has 0 amide bonds. The Morgan fingerprint density at radius 3 is 2.23 bits per heavy atom. The summed E-state index contributed by atoms with van der Waals surface area (Å²) in [5, 5.41) is 2.17. The van der Waals surface area contributed by atoms with Crippen molar-refractivity contribution >= 4 is 16.6 Å². The highest BCUT2D eigenvalue weighted by atomic mass is 16.1. The first-order valence-corrected chi connectivity index (χ1v) is 8.78. The molecular formula is C24H17NO. The van der Waals surface area contributed by atoms with Gasteiger partial charge in [-0.05, 0) is 49.1 Å². The van der Waals surface area contributed by atoms with Gasteiger partial charge in [0.15, 0.2) is 5.78 Å². The van der Waals surface area contributed by atoms with E-state index in [0.717, 1.165) is 44.3 Å². The zero-order valence-corrected chi connectivity index (χ0v) is 14.7. The molecule has 26 heavy (non-hydrogen) atoms. The number of hydrogen-bond donors (Lipinski definition) is 0. The Morgan fingerprint density at radius 1 is 0.731 bits per heavy atom. The van der Waals surface area contributed by atoms with E-state index < -0.39 is 0 Å². The molecule has 0 unspecified atom stereocenters. The summed E-state index contributed by atoms with van der Waals surface area (Å²) in [5.41, 5.74) is 8.17. The smallest absolute Gasteiger partial charge is 0.194 e. The van der Waals surface area contributed by atoms with E-state index in [1.165, 1.54) is 11.1 Å². The van der Waals surface area contributed by atoms with Gasteiger partial charge in [-0.2, -0.15) is 0 Å². The van der Waals surface area contributed by atoms with Gasteiger partial charge in [-0.15, -0.1) is 0 Å². The molecule has 124 valence electrons. The molecule has 3 aromatic carbocycles. The number of nitrogens with zero attached hydrogens (tertiary/aromatic N) is 1. The minimum absolute atomic E-state index is 0.113. The molecular weight excluding hydrogens is 318 g/mol. The molecule has 0 bridgehead atoms. The minimum Gasteiger partial charge on any atom is -0.289 e. The van der Waals surface area contributed by atoms with E-state index in [1.54, 1.807) is 0 Å². The number of carbonyl (C=O) groups is 1. The average Bonchev–Trinajstić information content (AvgIpc) is 2.94. The number of aryl methyl sites for hydroxylation is 2. The average molecular weight is 335 g/mol. The van der Waals surface area contributed by atoms with Crippen LogP contribution in [-0.4, -0.2) is 10.8 Å². The van der Waals surface area contributed by atoms with E-state index in [-0.39, 0.29) is 5.78 Å². The van der Waals surface area contributed by atoms with E-state index in [9.17, 15) is 4.79 Å². The number of aromatic nitrogens is 1. The van der Waals surface area contributed by atoms with Gasteiger partial charge in [-0.1, -0.05) is 47.5 Å². The number of fused-ring (bicyclic) bond motifs is 5. The molecule has 0 spiro atoms. The quantitative estimate of drug-likeness (QED) is 0.391. The molecule has 0 saturated heterocycles. The lowest BCUT2D eigenvalue weighted by atomic mass is 9.95. The number of ketones is 1. The maximum atomic E-state index is 12.8. The van der Waals surface area contributed by atoms with Gasteiger partial charge in [-0.25, -0.2) is 0 Å². The fourth-order valence-electron chi connectivity index (χ4n) is 4.12. The van der Waals surface area contributed by atoms with Gasteiger partial charge in [0.1, 0.15) is 0 Å². The fourth-order valence-corrected chi connectivity index (χ4v) is 4.12. The molecule has 0 N–H and O–H groups in total. The summed E-state index contributed by atoms with van der Waals surface area (Å²) >= 11 is 0. The molecule has 0 radical (unpaired) electrons. The topological polar surface area (TPSA) is 30.0 Å². The van der Waals surface area contributed by atoms with Crippen LogP contribution in [0.4, 0.5) is 0 Å². The summed E-state index contributed by atoms with van der Waals surface area (Å²) in [7, 11) is 0. The van der Waals surface area contributed by atoms with E-state index in [2.05, 4.69) is 37.0 Å². The number of rotatable bonds is 1. The number of pyridine rings is 1. The molecule has 0 fully saturated rings. The summed E-state index contributed by atoms with van der Waals surface area (Å²) < 4.78 is 0. The zero-order valence-electron chi connectivity index (χ0n) is 14.7. The van der Waals surface area contributed by atoms with E-state index >= 15 is 0 Å². The van der Waals surface area contributed by atoms with Crippen LogP contribution in [0.25, 0.3) is 33.2 Å². The molecule has 1 aliphatic rings. The van der Waals surface area contributed by atoms with Crippen molar-refractivity contribution in [2.75, 3.05) is 0 Å². The monoisotopic (exact) mass is 335 g/mol. The van der Waals surface area contributed by atoms with Crippen molar-refractivity contribution in [2.24, 2.45) is 0 Å². The van der Waals surface area contributed by atoms with E-state index in [4.69, 9.17) is 0 Å². The number of hydrogen-bond acceptors (Lipinski definition) is 2. The Bertz CT molecular complexity index is 1200. The highest BCUT2D eigenvalue weighted by Gasteiger charge is 2.28. The third-order valence-electron chi connectivity index (χ3n) is 5.13. The lowest BCUT2D eigenvalue weighted by Crippen LogP contribution is -1.95. The number of benzene rings is 3. The van der Waals surface area contributed by atoms with Crippen molar-refractivity contribution in [1.82, 2.24) is 4.98 Å². The maximum absolute atomic E-state index is 12.8. The van der Waals surface area contributed by atoms with Gasteiger partial charge in [0, 0.05) is 33.8 Å². The molecule has 0 saturated carbocycles. The van der Waals surface area contributed by atoms with Crippen LogP contribution < -0.4 is 0 Å². The highest BCUT2D eigenvalue weighted by Crippen LogP contribution is 2.42. The molecule has 5 rings (SSSR count). The Hall–Kier alpha value is -3.26.